The van der Waals surface area contributed by atoms with E-state index in [9.17, 15) is 14.7 Å². The molecule has 2 heterocycles. The molecule has 1 N–H and O–H groups in total. The molecule has 3 aromatic rings. The van der Waals surface area contributed by atoms with Crippen molar-refractivity contribution in [3.63, 3.8) is 0 Å². The molecule has 2 aromatic carbocycles. The lowest BCUT2D eigenvalue weighted by Gasteiger charge is -2.23. The second-order valence-corrected chi connectivity index (χ2v) is 8.22. The number of thiophene rings is 1. The standard InChI is InChI=1S/C23H21NO3S/c1-15-9-10-16(2)17(12-15)14-24-19-7-4-3-6-18(19)23(27,22(24)26)13-20(25)21-8-5-11-28-21/h3-12,27H,13-14H2,1-2H3. The first kappa shape index (κ1) is 18.6. The number of fused-ring (bicyclic) bond motifs is 1. The van der Waals surface area contributed by atoms with Crippen LogP contribution in [0.25, 0.3) is 0 Å². The minimum absolute atomic E-state index is 0.228. The van der Waals surface area contributed by atoms with Gasteiger partial charge in [-0.1, -0.05) is 48.0 Å². The Labute approximate surface area is 168 Å². The molecule has 142 valence electrons. The van der Waals surface area contributed by atoms with Crippen molar-refractivity contribution < 1.29 is 14.7 Å². The topological polar surface area (TPSA) is 57.6 Å². The van der Waals surface area contributed by atoms with Crippen molar-refractivity contribution in [2.75, 3.05) is 4.90 Å². The fourth-order valence-corrected chi connectivity index (χ4v) is 4.40. The second kappa shape index (κ2) is 7.00. The highest BCUT2D eigenvalue weighted by atomic mass is 32.1. The molecule has 0 spiro atoms. The predicted molar refractivity (Wildman–Crippen MR) is 111 cm³/mol. The van der Waals surface area contributed by atoms with Crippen LogP contribution in [-0.4, -0.2) is 16.8 Å². The molecule has 0 aliphatic carbocycles. The van der Waals surface area contributed by atoms with E-state index in [-0.39, 0.29) is 12.2 Å². The lowest BCUT2D eigenvalue weighted by atomic mass is 9.89. The number of rotatable bonds is 5. The molecule has 0 saturated carbocycles. The van der Waals surface area contributed by atoms with Crippen molar-refractivity contribution in [1.82, 2.24) is 0 Å². The number of nitrogens with zero attached hydrogens (tertiary/aromatic N) is 1. The zero-order valence-electron chi connectivity index (χ0n) is 15.8. The molecule has 1 aliphatic heterocycles. The first-order valence-electron chi connectivity index (χ1n) is 9.17. The van der Waals surface area contributed by atoms with E-state index in [4.69, 9.17) is 0 Å². The van der Waals surface area contributed by atoms with Gasteiger partial charge < -0.3 is 10.0 Å². The second-order valence-electron chi connectivity index (χ2n) is 7.28. The number of hydrogen-bond acceptors (Lipinski definition) is 4. The van der Waals surface area contributed by atoms with Gasteiger partial charge in [-0.15, -0.1) is 11.3 Å². The van der Waals surface area contributed by atoms with Crippen LogP contribution in [0.1, 0.15) is 38.3 Å². The maximum Gasteiger partial charge on any atom is 0.264 e. The van der Waals surface area contributed by atoms with Crippen LogP contribution in [-0.2, 0) is 16.9 Å². The first-order chi connectivity index (χ1) is 13.4. The van der Waals surface area contributed by atoms with Gasteiger partial charge in [-0.3, -0.25) is 9.59 Å². The number of carbonyl (C=O) groups excluding carboxylic acids is 2. The normalized spacial score (nSPS) is 18.4. The molecular formula is C23H21NO3S. The third-order valence-electron chi connectivity index (χ3n) is 5.28. The van der Waals surface area contributed by atoms with Crippen LogP contribution in [0.3, 0.4) is 0 Å². The molecule has 1 unspecified atom stereocenters. The minimum Gasteiger partial charge on any atom is -0.375 e. The van der Waals surface area contributed by atoms with E-state index in [1.807, 2.05) is 43.5 Å². The number of para-hydroxylation sites is 1. The monoisotopic (exact) mass is 391 g/mol. The molecule has 28 heavy (non-hydrogen) atoms. The Kier molecular flexibility index (Phi) is 4.65. The highest BCUT2D eigenvalue weighted by molar-refractivity contribution is 7.12. The zero-order chi connectivity index (χ0) is 19.9. The van der Waals surface area contributed by atoms with Gasteiger partial charge in [-0.25, -0.2) is 0 Å². The van der Waals surface area contributed by atoms with Crippen LogP contribution in [0, 0.1) is 13.8 Å². The van der Waals surface area contributed by atoms with Crippen LogP contribution in [0.2, 0.25) is 0 Å². The van der Waals surface area contributed by atoms with Gasteiger partial charge in [0, 0.05) is 5.56 Å². The quantitative estimate of drug-likeness (QED) is 0.657. The molecule has 1 aromatic heterocycles. The number of Topliss-reactive ketones (excluding diaryl/α,β-unsaturated/α-hetero) is 1. The Hall–Kier alpha value is -2.76. The Morgan fingerprint density at radius 1 is 1.11 bits per heavy atom. The highest BCUT2D eigenvalue weighted by Crippen LogP contribution is 2.43. The van der Waals surface area contributed by atoms with E-state index in [2.05, 4.69) is 6.07 Å². The van der Waals surface area contributed by atoms with Crippen LogP contribution in [0.5, 0.6) is 0 Å². The summed E-state index contributed by atoms with van der Waals surface area (Å²) in [5.41, 5.74) is 2.54. The van der Waals surface area contributed by atoms with Gasteiger partial charge in [-0.2, -0.15) is 0 Å². The van der Waals surface area contributed by atoms with Gasteiger partial charge in [-0.05, 0) is 42.5 Å². The fraction of sp³-hybridized carbons (Fsp3) is 0.217. The summed E-state index contributed by atoms with van der Waals surface area (Å²) in [5, 5.41) is 13.2. The van der Waals surface area contributed by atoms with Crippen LogP contribution in [0.4, 0.5) is 5.69 Å². The van der Waals surface area contributed by atoms with Crippen LogP contribution in [0.15, 0.2) is 60.0 Å². The summed E-state index contributed by atoms with van der Waals surface area (Å²) in [5.74, 6) is -0.672. The van der Waals surface area contributed by atoms with Gasteiger partial charge in [0.15, 0.2) is 11.4 Å². The van der Waals surface area contributed by atoms with E-state index in [0.717, 1.165) is 16.7 Å². The van der Waals surface area contributed by atoms with Gasteiger partial charge in [0.25, 0.3) is 5.91 Å². The molecule has 0 fully saturated rings. The predicted octanol–water partition coefficient (Wildman–Crippen LogP) is 4.37. The lowest BCUT2D eigenvalue weighted by Crippen LogP contribution is -2.41. The van der Waals surface area contributed by atoms with Crippen molar-refractivity contribution in [3.8, 4) is 0 Å². The number of aryl methyl sites for hydroxylation is 2. The summed E-state index contributed by atoms with van der Waals surface area (Å²) in [7, 11) is 0. The molecular weight excluding hydrogens is 370 g/mol. The van der Waals surface area contributed by atoms with E-state index in [0.29, 0.717) is 22.7 Å². The van der Waals surface area contributed by atoms with Crippen molar-refractivity contribution in [3.05, 3.63) is 87.1 Å². The fourth-order valence-electron chi connectivity index (χ4n) is 3.73. The number of anilines is 1. The molecule has 5 heteroatoms. The number of amides is 1. The summed E-state index contributed by atoms with van der Waals surface area (Å²) in [6.45, 7) is 4.38. The van der Waals surface area contributed by atoms with Gasteiger partial charge in [0.05, 0.1) is 23.5 Å². The summed E-state index contributed by atoms with van der Waals surface area (Å²) in [6.07, 6.45) is -0.257. The lowest BCUT2D eigenvalue weighted by molar-refractivity contribution is -0.136. The average molecular weight is 391 g/mol. The zero-order valence-corrected chi connectivity index (χ0v) is 16.6. The van der Waals surface area contributed by atoms with E-state index >= 15 is 0 Å². The summed E-state index contributed by atoms with van der Waals surface area (Å²) in [4.78, 5) is 28.1. The van der Waals surface area contributed by atoms with E-state index < -0.39 is 11.5 Å². The van der Waals surface area contributed by atoms with Gasteiger partial charge >= 0.3 is 0 Å². The average Bonchev–Trinajstić information content (AvgIpc) is 3.28. The Morgan fingerprint density at radius 3 is 2.64 bits per heavy atom. The molecule has 1 aliphatic rings. The number of benzene rings is 2. The molecule has 4 rings (SSSR count). The smallest absolute Gasteiger partial charge is 0.264 e. The Morgan fingerprint density at radius 2 is 1.89 bits per heavy atom. The molecule has 1 amide bonds. The first-order valence-corrected chi connectivity index (χ1v) is 10.0. The van der Waals surface area contributed by atoms with Gasteiger partial charge in [0.1, 0.15) is 0 Å². The molecule has 1 atom stereocenters. The van der Waals surface area contributed by atoms with Crippen molar-refractivity contribution in [1.29, 1.82) is 0 Å². The van der Waals surface area contributed by atoms with E-state index in [1.54, 1.807) is 29.2 Å². The summed E-state index contributed by atoms with van der Waals surface area (Å²) in [6, 6.07) is 16.8. The largest absolute Gasteiger partial charge is 0.375 e. The highest BCUT2D eigenvalue weighted by Gasteiger charge is 2.50. The van der Waals surface area contributed by atoms with Crippen molar-refractivity contribution in [2.24, 2.45) is 0 Å². The molecule has 0 saturated heterocycles. The molecule has 4 nitrogen and oxygen atoms in total. The van der Waals surface area contributed by atoms with Crippen molar-refractivity contribution >= 4 is 28.7 Å². The Bertz CT molecular complexity index is 1060. The third-order valence-corrected chi connectivity index (χ3v) is 6.20. The summed E-state index contributed by atoms with van der Waals surface area (Å²) >= 11 is 1.32. The maximum atomic E-state index is 13.3. The third kappa shape index (κ3) is 3.07. The molecule has 0 radical (unpaired) electrons. The van der Waals surface area contributed by atoms with Gasteiger partial charge in [0.2, 0.25) is 0 Å². The van der Waals surface area contributed by atoms with E-state index in [1.165, 1.54) is 11.3 Å². The minimum atomic E-state index is -1.84. The number of aliphatic hydroxyl groups is 1. The summed E-state index contributed by atoms with van der Waals surface area (Å²) < 4.78 is 0. The number of carbonyl (C=O) groups is 2. The SMILES string of the molecule is Cc1ccc(C)c(CN2C(=O)C(O)(CC(=O)c3cccs3)c3ccccc32)c1. The molecule has 0 bridgehead atoms. The maximum absolute atomic E-state index is 13.3. The number of hydrogen-bond donors (Lipinski definition) is 1. The van der Waals surface area contributed by atoms with Crippen molar-refractivity contribution in [2.45, 2.75) is 32.4 Å². The Balaban J connectivity index is 1.71. The number of ketones is 1. The van der Waals surface area contributed by atoms with Crippen LogP contribution >= 0.6 is 11.3 Å². The van der Waals surface area contributed by atoms with Crippen LogP contribution < -0.4 is 4.90 Å².